The fourth-order valence-electron chi connectivity index (χ4n) is 1.94. The SMILES string of the molecule is CN=C(NCCOC)NCC1CCCN1C.I. The highest BCUT2D eigenvalue weighted by molar-refractivity contribution is 14.0. The molecular weight excluding hydrogens is 331 g/mol. The molecule has 0 amide bonds. The smallest absolute Gasteiger partial charge is 0.191 e. The molecule has 1 fully saturated rings. The van der Waals surface area contributed by atoms with Gasteiger partial charge in [-0.2, -0.15) is 0 Å². The van der Waals surface area contributed by atoms with E-state index < -0.39 is 0 Å². The van der Waals surface area contributed by atoms with Crippen LogP contribution in [0.5, 0.6) is 0 Å². The number of methoxy groups -OCH3 is 1. The lowest BCUT2D eigenvalue weighted by Gasteiger charge is -2.21. The van der Waals surface area contributed by atoms with Crippen LogP contribution in [0.3, 0.4) is 0 Å². The third kappa shape index (κ3) is 6.42. The summed E-state index contributed by atoms with van der Waals surface area (Å²) in [5, 5.41) is 6.55. The van der Waals surface area contributed by atoms with Gasteiger partial charge in [0.05, 0.1) is 6.61 Å². The molecule has 0 aromatic carbocycles. The predicted octanol–water partition coefficient (Wildman–Crippen LogP) is 0.510. The lowest BCUT2D eigenvalue weighted by Crippen LogP contribution is -2.44. The molecule has 1 aliphatic heterocycles. The summed E-state index contributed by atoms with van der Waals surface area (Å²) in [7, 11) is 5.67. The Bertz CT molecular complexity index is 226. The van der Waals surface area contributed by atoms with E-state index in [-0.39, 0.29) is 24.0 Å². The maximum Gasteiger partial charge on any atom is 0.191 e. The van der Waals surface area contributed by atoms with Crippen molar-refractivity contribution in [3.8, 4) is 0 Å². The molecule has 1 saturated heterocycles. The molecule has 0 aromatic rings. The normalized spacial score (nSPS) is 21.1. The van der Waals surface area contributed by atoms with Crippen LogP contribution in [0.15, 0.2) is 4.99 Å². The van der Waals surface area contributed by atoms with Gasteiger partial charge in [0.2, 0.25) is 0 Å². The fourth-order valence-corrected chi connectivity index (χ4v) is 1.94. The summed E-state index contributed by atoms with van der Waals surface area (Å²) in [4.78, 5) is 6.56. The highest BCUT2D eigenvalue weighted by atomic mass is 127. The number of nitrogens with zero attached hydrogens (tertiary/aromatic N) is 2. The molecule has 5 nitrogen and oxygen atoms in total. The van der Waals surface area contributed by atoms with Crippen molar-refractivity contribution in [2.75, 3.05) is 47.4 Å². The first-order chi connectivity index (χ1) is 7.77. The molecule has 1 atom stereocenters. The van der Waals surface area contributed by atoms with E-state index in [1.165, 1.54) is 19.4 Å². The van der Waals surface area contributed by atoms with Gasteiger partial charge in [-0.1, -0.05) is 0 Å². The van der Waals surface area contributed by atoms with Crippen molar-refractivity contribution >= 4 is 29.9 Å². The van der Waals surface area contributed by atoms with Gasteiger partial charge >= 0.3 is 0 Å². The number of likely N-dealkylation sites (N-methyl/N-ethyl adjacent to an activating group) is 1. The molecule has 1 rings (SSSR count). The van der Waals surface area contributed by atoms with Crippen molar-refractivity contribution < 1.29 is 4.74 Å². The second kappa shape index (κ2) is 9.90. The van der Waals surface area contributed by atoms with Crippen LogP contribution in [0.2, 0.25) is 0 Å². The zero-order valence-corrected chi connectivity index (χ0v) is 13.4. The fraction of sp³-hybridized carbons (Fsp3) is 0.909. The molecule has 0 saturated carbocycles. The highest BCUT2D eigenvalue weighted by Crippen LogP contribution is 2.13. The van der Waals surface area contributed by atoms with E-state index >= 15 is 0 Å². The number of likely N-dealkylation sites (tertiary alicyclic amines) is 1. The number of nitrogens with one attached hydrogen (secondary N) is 2. The summed E-state index contributed by atoms with van der Waals surface area (Å²) in [5.74, 6) is 0.859. The third-order valence-corrected chi connectivity index (χ3v) is 3.00. The monoisotopic (exact) mass is 356 g/mol. The molecular formula is C11H25IN4O. The Morgan fingerprint density at radius 2 is 2.24 bits per heavy atom. The first kappa shape index (κ1) is 16.9. The summed E-state index contributed by atoms with van der Waals surface area (Å²) in [6.45, 7) is 3.66. The summed E-state index contributed by atoms with van der Waals surface area (Å²) < 4.78 is 4.98. The standard InChI is InChI=1S/C11H24N4O.HI/c1-12-11(13-6-8-16-3)14-9-10-5-4-7-15(10)2;/h10H,4-9H2,1-3H3,(H2,12,13,14);1H. The maximum atomic E-state index is 4.98. The number of aliphatic imine (C=N–C) groups is 1. The van der Waals surface area contributed by atoms with Crippen molar-refractivity contribution in [2.45, 2.75) is 18.9 Å². The minimum absolute atomic E-state index is 0. The average molecular weight is 356 g/mol. The van der Waals surface area contributed by atoms with Crippen LogP contribution in [0.4, 0.5) is 0 Å². The van der Waals surface area contributed by atoms with Crippen molar-refractivity contribution in [3.05, 3.63) is 0 Å². The van der Waals surface area contributed by atoms with E-state index in [0.29, 0.717) is 12.6 Å². The van der Waals surface area contributed by atoms with Crippen LogP contribution >= 0.6 is 24.0 Å². The van der Waals surface area contributed by atoms with E-state index in [4.69, 9.17) is 4.74 Å². The maximum absolute atomic E-state index is 4.98. The zero-order valence-electron chi connectivity index (χ0n) is 11.0. The number of hydrogen-bond acceptors (Lipinski definition) is 3. The molecule has 6 heteroatoms. The minimum Gasteiger partial charge on any atom is -0.383 e. The zero-order chi connectivity index (χ0) is 11.8. The molecule has 0 bridgehead atoms. The number of halogens is 1. The Morgan fingerprint density at radius 1 is 1.47 bits per heavy atom. The Hall–Kier alpha value is -0.0800. The van der Waals surface area contributed by atoms with Gasteiger partial charge in [0.15, 0.2) is 5.96 Å². The molecule has 1 heterocycles. The van der Waals surface area contributed by atoms with E-state index in [9.17, 15) is 0 Å². The van der Waals surface area contributed by atoms with E-state index in [1.807, 2.05) is 0 Å². The Labute approximate surface area is 121 Å². The Morgan fingerprint density at radius 3 is 2.76 bits per heavy atom. The van der Waals surface area contributed by atoms with Crippen molar-refractivity contribution in [1.29, 1.82) is 0 Å². The molecule has 0 radical (unpaired) electrons. The summed E-state index contributed by atoms with van der Waals surface area (Å²) >= 11 is 0. The van der Waals surface area contributed by atoms with Gasteiger partial charge in [0.1, 0.15) is 0 Å². The van der Waals surface area contributed by atoms with Crippen LogP contribution in [-0.2, 0) is 4.74 Å². The van der Waals surface area contributed by atoms with Gasteiger partial charge in [0, 0.05) is 33.3 Å². The molecule has 1 aliphatic rings. The highest BCUT2D eigenvalue weighted by Gasteiger charge is 2.20. The minimum atomic E-state index is 0. The lowest BCUT2D eigenvalue weighted by molar-refractivity contribution is 0.203. The van der Waals surface area contributed by atoms with Crippen LogP contribution in [0, 0.1) is 0 Å². The van der Waals surface area contributed by atoms with Gasteiger partial charge in [0.25, 0.3) is 0 Å². The van der Waals surface area contributed by atoms with Gasteiger partial charge in [-0.25, -0.2) is 0 Å². The van der Waals surface area contributed by atoms with Gasteiger partial charge < -0.3 is 20.3 Å². The second-order valence-corrected chi connectivity index (χ2v) is 4.15. The van der Waals surface area contributed by atoms with Crippen LogP contribution in [0.25, 0.3) is 0 Å². The van der Waals surface area contributed by atoms with Crippen molar-refractivity contribution in [3.63, 3.8) is 0 Å². The topological polar surface area (TPSA) is 48.9 Å². The number of ether oxygens (including phenoxy) is 1. The lowest BCUT2D eigenvalue weighted by atomic mass is 10.2. The van der Waals surface area contributed by atoms with Crippen molar-refractivity contribution in [2.24, 2.45) is 4.99 Å². The summed E-state index contributed by atoms with van der Waals surface area (Å²) in [5.41, 5.74) is 0. The second-order valence-electron chi connectivity index (χ2n) is 4.15. The molecule has 102 valence electrons. The number of guanidine groups is 1. The van der Waals surface area contributed by atoms with E-state index in [2.05, 4.69) is 27.6 Å². The van der Waals surface area contributed by atoms with Crippen LogP contribution in [-0.4, -0.2) is 64.3 Å². The largest absolute Gasteiger partial charge is 0.383 e. The molecule has 0 spiro atoms. The van der Waals surface area contributed by atoms with E-state index in [0.717, 1.165) is 19.0 Å². The number of hydrogen-bond donors (Lipinski definition) is 2. The Balaban J connectivity index is 0.00000256. The van der Waals surface area contributed by atoms with E-state index in [1.54, 1.807) is 14.2 Å². The molecule has 0 aliphatic carbocycles. The first-order valence-corrected chi connectivity index (χ1v) is 5.91. The third-order valence-electron chi connectivity index (χ3n) is 3.00. The quantitative estimate of drug-likeness (QED) is 0.326. The molecule has 1 unspecified atom stereocenters. The Kier molecular flexibility index (Phi) is 9.85. The predicted molar refractivity (Wildman–Crippen MR) is 82.3 cm³/mol. The van der Waals surface area contributed by atoms with Crippen LogP contribution < -0.4 is 10.6 Å². The van der Waals surface area contributed by atoms with Crippen molar-refractivity contribution in [1.82, 2.24) is 15.5 Å². The average Bonchev–Trinajstić information content (AvgIpc) is 2.69. The summed E-state index contributed by atoms with van der Waals surface area (Å²) in [6, 6.07) is 0.640. The molecule has 2 N–H and O–H groups in total. The first-order valence-electron chi connectivity index (χ1n) is 5.91. The van der Waals surface area contributed by atoms with Gasteiger partial charge in [-0.15, -0.1) is 24.0 Å². The molecule has 0 aromatic heterocycles. The van der Waals surface area contributed by atoms with Crippen LogP contribution in [0.1, 0.15) is 12.8 Å². The van der Waals surface area contributed by atoms with Gasteiger partial charge in [-0.3, -0.25) is 4.99 Å². The number of rotatable bonds is 5. The summed E-state index contributed by atoms with van der Waals surface area (Å²) in [6.07, 6.45) is 2.58. The molecule has 17 heavy (non-hydrogen) atoms. The van der Waals surface area contributed by atoms with Gasteiger partial charge in [-0.05, 0) is 26.4 Å².